The summed E-state index contributed by atoms with van der Waals surface area (Å²) in [5.74, 6) is 0.446. The molecule has 2 heterocycles. The SMILES string of the molecule is COCCNC(=O)N1C(C)CC2(COCC(=O)N2)C1COC1CCC(c2ccccc2)CC1. The maximum Gasteiger partial charge on any atom is 0.318 e. The third kappa shape index (κ3) is 5.50. The largest absolute Gasteiger partial charge is 0.383 e. The van der Waals surface area contributed by atoms with Gasteiger partial charge in [-0.15, -0.1) is 0 Å². The van der Waals surface area contributed by atoms with E-state index in [1.807, 2.05) is 11.8 Å². The van der Waals surface area contributed by atoms with Crippen molar-refractivity contribution in [3.63, 3.8) is 0 Å². The highest BCUT2D eigenvalue weighted by atomic mass is 16.5. The highest BCUT2D eigenvalue weighted by molar-refractivity contribution is 5.80. The second-order valence-electron chi connectivity index (χ2n) is 9.62. The number of ether oxygens (including phenoxy) is 3. The lowest BCUT2D eigenvalue weighted by Crippen LogP contribution is -2.65. The lowest BCUT2D eigenvalue weighted by molar-refractivity contribution is -0.137. The summed E-state index contributed by atoms with van der Waals surface area (Å²) in [5, 5.41) is 6.08. The molecule has 1 aromatic rings. The number of rotatable bonds is 7. The normalized spacial score (nSPS) is 32.1. The van der Waals surface area contributed by atoms with E-state index in [4.69, 9.17) is 14.2 Å². The summed E-state index contributed by atoms with van der Waals surface area (Å²) in [6.45, 7) is 3.74. The van der Waals surface area contributed by atoms with Crippen molar-refractivity contribution in [1.29, 1.82) is 0 Å². The molecule has 1 spiro atoms. The van der Waals surface area contributed by atoms with Crippen LogP contribution in [0.5, 0.6) is 0 Å². The minimum absolute atomic E-state index is 0.0445. The lowest BCUT2D eigenvalue weighted by Gasteiger charge is -2.41. The zero-order chi connectivity index (χ0) is 23.3. The van der Waals surface area contributed by atoms with E-state index >= 15 is 0 Å². The van der Waals surface area contributed by atoms with Crippen LogP contribution in [0.3, 0.4) is 0 Å². The molecule has 3 atom stereocenters. The number of nitrogens with one attached hydrogen (secondary N) is 2. The van der Waals surface area contributed by atoms with Crippen LogP contribution in [-0.2, 0) is 19.0 Å². The number of morpholine rings is 1. The number of urea groups is 1. The molecule has 2 aliphatic heterocycles. The fourth-order valence-corrected chi connectivity index (χ4v) is 5.75. The molecule has 1 aliphatic carbocycles. The molecule has 3 fully saturated rings. The monoisotopic (exact) mass is 459 g/mol. The fraction of sp³-hybridized carbons (Fsp3) is 0.680. The Morgan fingerprint density at radius 2 is 2.00 bits per heavy atom. The van der Waals surface area contributed by atoms with E-state index in [0.29, 0.717) is 38.7 Å². The van der Waals surface area contributed by atoms with Gasteiger partial charge in [-0.3, -0.25) is 4.79 Å². The molecule has 33 heavy (non-hydrogen) atoms. The average molecular weight is 460 g/mol. The number of likely N-dealkylation sites (tertiary alicyclic amines) is 1. The second kappa shape index (κ2) is 10.8. The second-order valence-corrected chi connectivity index (χ2v) is 9.62. The van der Waals surface area contributed by atoms with Crippen molar-refractivity contribution >= 4 is 11.9 Å². The van der Waals surface area contributed by atoms with Crippen molar-refractivity contribution in [2.24, 2.45) is 0 Å². The topological polar surface area (TPSA) is 89.1 Å². The molecule has 0 bridgehead atoms. The fourth-order valence-electron chi connectivity index (χ4n) is 5.75. The number of carbonyl (C=O) groups is 2. The quantitative estimate of drug-likeness (QED) is 0.612. The molecule has 1 saturated carbocycles. The first-order valence-electron chi connectivity index (χ1n) is 12.1. The summed E-state index contributed by atoms with van der Waals surface area (Å²) >= 11 is 0. The molecule has 0 radical (unpaired) electrons. The van der Waals surface area contributed by atoms with Crippen LogP contribution in [0.4, 0.5) is 4.79 Å². The van der Waals surface area contributed by atoms with Crippen molar-refractivity contribution in [2.45, 2.75) is 68.7 Å². The van der Waals surface area contributed by atoms with Gasteiger partial charge in [0.2, 0.25) is 5.91 Å². The summed E-state index contributed by atoms with van der Waals surface area (Å²) < 4.78 is 17.1. The number of benzene rings is 1. The van der Waals surface area contributed by atoms with E-state index in [-0.39, 0.29) is 36.7 Å². The Morgan fingerprint density at radius 1 is 1.24 bits per heavy atom. The van der Waals surface area contributed by atoms with Crippen molar-refractivity contribution in [3.8, 4) is 0 Å². The summed E-state index contributed by atoms with van der Waals surface area (Å²) in [7, 11) is 1.61. The molecule has 3 unspecified atom stereocenters. The molecular weight excluding hydrogens is 422 g/mol. The van der Waals surface area contributed by atoms with Crippen LogP contribution in [0.2, 0.25) is 0 Å². The van der Waals surface area contributed by atoms with E-state index in [1.165, 1.54) is 5.56 Å². The molecule has 3 amide bonds. The summed E-state index contributed by atoms with van der Waals surface area (Å²) in [5.41, 5.74) is 0.787. The Morgan fingerprint density at radius 3 is 2.70 bits per heavy atom. The van der Waals surface area contributed by atoms with Gasteiger partial charge in [-0.05, 0) is 50.5 Å². The molecule has 2 saturated heterocycles. The molecule has 8 nitrogen and oxygen atoms in total. The van der Waals surface area contributed by atoms with Gasteiger partial charge in [0.05, 0.1) is 37.5 Å². The Hall–Kier alpha value is -2.16. The third-order valence-electron chi connectivity index (χ3n) is 7.34. The summed E-state index contributed by atoms with van der Waals surface area (Å²) in [6.07, 6.45) is 5.00. The number of hydrogen-bond donors (Lipinski definition) is 2. The molecule has 182 valence electrons. The highest BCUT2D eigenvalue weighted by Crippen LogP contribution is 2.38. The molecule has 0 aromatic heterocycles. The smallest absolute Gasteiger partial charge is 0.318 e. The van der Waals surface area contributed by atoms with Gasteiger partial charge >= 0.3 is 6.03 Å². The van der Waals surface area contributed by atoms with Gasteiger partial charge in [0.25, 0.3) is 0 Å². The Kier molecular flexibility index (Phi) is 7.88. The van der Waals surface area contributed by atoms with Crippen LogP contribution in [0.15, 0.2) is 30.3 Å². The van der Waals surface area contributed by atoms with Crippen LogP contribution < -0.4 is 10.6 Å². The first-order valence-corrected chi connectivity index (χ1v) is 12.1. The Balaban J connectivity index is 1.40. The van der Waals surface area contributed by atoms with E-state index in [9.17, 15) is 9.59 Å². The predicted molar refractivity (Wildman–Crippen MR) is 124 cm³/mol. The van der Waals surface area contributed by atoms with Crippen LogP contribution in [0.1, 0.15) is 50.5 Å². The van der Waals surface area contributed by atoms with Crippen LogP contribution in [0, 0.1) is 0 Å². The molecular formula is C25H37N3O5. The highest BCUT2D eigenvalue weighted by Gasteiger charge is 2.55. The average Bonchev–Trinajstić information content (AvgIpc) is 3.08. The van der Waals surface area contributed by atoms with E-state index in [0.717, 1.165) is 25.7 Å². The number of nitrogens with zero attached hydrogens (tertiary/aromatic N) is 1. The molecule has 3 aliphatic rings. The minimum Gasteiger partial charge on any atom is -0.383 e. The van der Waals surface area contributed by atoms with Gasteiger partial charge in [0.1, 0.15) is 6.61 Å². The standard InChI is InChI=1S/C25H37N3O5/c1-18-14-25(17-32-16-23(29)27-25)22(28(18)24(30)26-12-13-31-2)15-33-21-10-8-20(9-11-21)19-6-4-3-5-7-19/h3-7,18,20-22H,8-17H2,1-2H3,(H,26,30)(H,27,29). The number of carbonyl (C=O) groups excluding carboxylic acids is 2. The zero-order valence-electron chi connectivity index (χ0n) is 19.8. The molecule has 8 heteroatoms. The molecule has 4 rings (SSSR count). The minimum atomic E-state index is -0.616. The van der Waals surface area contributed by atoms with E-state index < -0.39 is 5.54 Å². The third-order valence-corrected chi connectivity index (χ3v) is 7.34. The van der Waals surface area contributed by atoms with E-state index in [2.05, 4.69) is 41.0 Å². The van der Waals surface area contributed by atoms with Crippen molar-refractivity contribution in [3.05, 3.63) is 35.9 Å². The van der Waals surface area contributed by atoms with Crippen LogP contribution in [0.25, 0.3) is 0 Å². The number of hydrogen-bond acceptors (Lipinski definition) is 5. The van der Waals surface area contributed by atoms with Crippen LogP contribution >= 0.6 is 0 Å². The van der Waals surface area contributed by atoms with Gasteiger partial charge < -0.3 is 29.7 Å². The summed E-state index contributed by atoms with van der Waals surface area (Å²) in [4.78, 5) is 27.1. The molecule has 1 aromatic carbocycles. The predicted octanol–water partition coefficient (Wildman–Crippen LogP) is 2.43. The van der Waals surface area contributed by atoms with Crippen molar-refractivity contribution < 1.29 is 23.8 Å². The number of amides is 3. The van der Waals surface area contributed by atoms with E-state index in [1.54, 1.807) is 7.11 Å². The van der Waals surface area contributed by atoms with Gasteiger partial charge in [0, 0.05) is 19.7 Å². The maximum absolute atomic E-state index is 13.0. The van der Waals surface area contributed by atoms with Gasteiger partial charge in [-0.25, -0.2) is 4.79 Å². The van der Waals surface area contributed by atoms with Gasteiger partial charge in [0.15, 0.2) is 0 Å². The Labute approximate surface area is 196 Å². The maximum atomic E-state index is 13.0. The first-order chi connectivity index (χ1) is 16.0. The van der Waals surface area contributed by atoms with Crippen LogP contribution in [-0.4, -0.2) is 80.6 Å². The zero-order valence-corrected chi connectivity index (χ0v) is 19.8. The van der Waals surface area contributed by atoms with Gasteiger partial charge in [-0.1, -0.05) is 30.3 Å². The molecule has 2 N–H and O–H groups in total. The van der Waals surface area contributed by atoms with Crippen molar-refractivity contribution in [2.75, 3.05) is 40.1 Å². The Bertz CT molecular complexity index is 798. The van der Waals surface area contributed by atoms with Gasteiger partial charge in [-0.2, -0.15) is 0 Å². The lowest BCUT2D eigenvalue weighted by atomic mass is 9.82. The van der Waals surface area contributed by atoms with Crippen molar-refractivity contribution in [1.82, 2.24) is 15.5 Å². The number of methoxy groups -OCH3 is 1. The summed E-state index contributed by atoms with van der Waals surface area (Å²) in [6, 6.07) is 10.2. The first kappa shape index (κ1) is 24.0.